The Morgan fingerprint density at radius 2 is 1.90 bits per heavy atom. The lowest BCUT2D eigenvalue weighted by atomic mass is 10.0. The molecule has 0 aromatic heterocycles. The minimum absolute atomic E-state index is 0.0370. The summed E-state index contributed by atoms with van der Waals surface area (Å²) in [6.07, 6.45) is 0.891. The molecule has 1 unspecified atom stereocenters. The van der Waals surface area contributed by atoms with Gasteiger partial charge in [-0.3, -0.25) is 14.5 Å². The van der Waals surface area contributed by atoms with E-state index >= 15 is 0 Å². The number of rotatable bonds is 4. The van der Waals surface area contributed by atoms with Gasteiger partial charge < -0.3 is 9.64 Å². The number of Topliss-reactive ketones (excluding diaryl/α,β-unsaturated/α-hetero) is 1. The van der Waals surface area contributed by atoms with E-state index in [9.17, 15) is 9.59 Å². The van der Waals surface area contributed by atoms with Crippen LogP contribution in [0.3, 0.4) is 0 Å². The van der Waals surface area contributed by atoms with Crippen molar-refractivity contribution in [1.82, 2.24) is 9.80 Å². The van der Waals surface area contributed by atoms with Crippen LogP contribution >= 0.6 is 0 Å². The van der Waals surface area contributed by atoms with Gasteiger partial charge in [0.2, 0.25) is 5.91 Å². The quantitative estimate of drug-likeness (QED) is 0.787. The fourth-order valence-electron chi connectivity index (χ4n) is 2.50. The number of carbonyl (C=O) groups is 2. The number of carbonyl (C=O) groups excluding carboxylic acids is 2. The van der Waals surface area contributed by atoms with Crippen LogP contribution < -0.4 is 4.74 Å². The molecule has 0 bridgehead atoms. The zero-order valence-corrected chi connectivity index (χ0v) is 12.8. The average Bonchev–Trinajstić information content (AvgIpc) is 2.68. The maximum Gasteiger partial charge on any atom is 0.236 e. The summed E-state index contributed by atoms with van der Waals surface area (Å²) in [5.74, 6) is 0.836. The van der Waals surface area contributed by atoms with Gasteiger partial charge in [-0.1, -0.05) is 0 Å². The molecule has 21 heavy (non-hydrogen) atoms. The van der Waals surface area contributed by atoms with Crippen LogP contribution in [0, 0.1) is 0 Å². The van der Waals surface area contributed by atoms with Gasteiger partial charge in [0, 0.05) is 25.7 Å². The third-order valence-corrected chi connectivity index (χ3v) is 4.00. The first kappa shape index (κ1) is 15.5. The van der Waals surface area contributed by atoms with Gasteiger partial charge in [0.1, 0.15) is 5.75 Å². The first-order chi connectivity index (χ1) is 10.0. The Hall–Kier alpha value is -1.88. The van der Waals surface area contributed by atoms with E-state index in [-0.39, 0.29) is 17.7 Å². The lowest BCUT2D eigenvalue weighted by Crippen LogP contribution is -2.43. The smallest absolute Gasteiger partial charge is 0.236 e. The van der Waals surface area contributed by atoms with Gasteiger partial charge in [0.15, 0.2) is 5.78 Å². The zero-order valence-electron chi connectivity index (χ0n) is 12.8. The van der Waals surface area contributed by atoms with Crippen molar-refractivity contribution in [2.45, 2.75) is 19.4 Å². The number of benzene rings is 1. The molecule has 0 N–H and O–H groups in total. The third-order valence-electron chi connectivity index (χ3n) is 4.00. The predicted molar refractivity (Wildman–Crippen MR) is 80.6 cm³/mol. The average molecular weight is 290 g/mol. The Bertz CT molecular complexity index is 513. The molecule has 1 aromatic carbocycles. The Balaban J connectivity index is 2.08. The number of hydrogen-bond acceptors (Lipinski definition) is 4. The van der Waals surface area contributed by atoms with Crippen LogP contribution in [0.2, 0.25) is 0 Å². The summed E-state index contributed by atoms with van der Waals surface area (Å²) in [5.41, 5.74) is 0.647. The highest BCUT2D eigenvalue weighted by Gasteiger charge is 2.27. The third kappa shape index (κ3) is 3.61. The lowest BCUT2D eigenvalue weighted by Gasteiger charge is -2.25. The monoisotopic (exact) mass is 290 g/mol. The van der Waals surface area contributed by atoms with E-state index in [0.29, 0.717) is 12.1 Å². The molecule has 1 aliphatic heterocycles. The van der Waals surface area contributed by atoms with E-state index in [4.69, 9.17) is 4.74 Å². The number of nitrogens with zero attached hydrogens (tertiary/aromatic N) is 2. The molecule has 1 aliphatic rings. The fourth-order valence-corrected chi connectivity index (χ4v) is 2.50. The Kier molecular flexibility index (Phi) is 4.96. The van der Waals surface area contributed by atoms with Gasteiger partial charge in [-0.25, -0.2) is 0 Å². The largest absolute Gasteiger partial charge is 0.497 e. The fraction of sp³-hybridized carbons (Fsp3) is 0.500. The summed E-state index contributed by atoms with van der Waals surface area (Å²) in [5, 5.41) is 0. The summed E-state index contributed by atoms with van der Waals surface area (Å²) < 4.78 is 5.10. The summed E-state index contributed by atoms with van der Waals surface area (Å²) >= 11 is 0. The standard InChI is InChI=1S/C16H22N2O3/c1-12(18-10-4-9-17(2)15(19)11-18)16(20)13-5-7-14(21-3)8-6-13/h5-8,12H,4,9-11H2,1-3H3. The Morgan fingerprint density at radius 1 is 1.24 bits per heavy atom. The van der Waals surface area contributed by atoms with Crippen LogP contribution in [0.4, 0.5) is 0 Å². The van der Waals surface area contributed by atoms with Crippen molar-refractivity contribution < 1.29 is 14.3 Å². The van der Waals surface area contributed by atoms with Crippen molar-refractivity contribution in [3.63, 3.8) is 0 Å². The Labute approximate surface area is 125 Å². The zero-order chi connectivity index (χ0) is 15.4. The Morgan fingerprint density at radius 3 is 2.52 bits per heavy atom. The molecule has 0 radical (unpaired) electrons. The van der Waals surface area contributed by atoms with Gasteiger partial charge in [-0.05, 0) is 37.6 Å². The second-order valence-electron chi connectivity index (χ2n) is 5.41. The van der Waals surface area contributed by atoms with Crippen molar-refractivity contribution >= 4 is 11.7 Å². The molecule has 1 amide bonds. The molecule has 1 aromatic rings. The van der Waals surface area contributed by atoms with Crippen LogP contribution in [0.1, 0.15) is 23.7 Å². The SMILES string of the molecule is COc1ccc(C(=O)C(C)N2CCCN(C)C(=O)C2)cc1. The first-order valence-corrected chi connectivity index (χ1v) is 7.19. The molecule has 0 aliphatic carbocycles. The van der Waals surface area contributed by atoms with Crippen LogP contribution in [0.5, 0.6) is 5.75 Å². The maximum atomic E-state index is 12.5. The van der Waals surface area contributed by atoms with E-state index in [1.54, 1.807) is 36.3 Å². The van der Waals surface area contributed by atoms with Crippen LogP contribution in [0.15, 0.2) is 24.3 Å². The molecule has 0 saturated carbocycles. The molecule has 1 atom stereocenters. The molecule has 1 saturated heterocycles. The van der Waals surface area contributed by atoms with E-state index in [1.807, 2.05) is 18.9 Å². The second-order valence-corrected chi connectivity index (χ2v) is 5.41. The summed E-state index contributed by atoms with van der Waals surface area (Å²) in [6.45, 7) is 3.68. The van der Waals surface area contributed by atoms with E-state index in [2.05, 4.69) is 0 Å². The number of hydrogen-bond donors (Lipinski definition) is 0. The molecule has 0 spiro atoms. The minimum Gasteiger partial charge on any atom is -0.497 e. The van der Waals surface area contributed by atoms with Crippen molar-refractivity contribution in [1.29, 1.82) is 0 Å². The van der Waals surface area contributed by atoms with Gasteiger partial charge in [-0.15, -0.1) is 0 Å². The van der Waals surface area contributed by atoms with Gasteiger partial charge >= 0.3 is 0 Å². The number of methoxy groups -OCH3 is 1. The number of ether oxygens (including phenoxy) is 1. The van der Waals surface area contributed by atoms with Crippen LogP contribution in [-0.4, -0.2) is 61.3 Å². The first-order valence-electron chi connectivity index (χ1n) is 7.19. The normalized spacial score (nSPS) is 18.2. The maximum absolute atomic E-state index is 12.5. The summed E-state index contributed by atoms with van der Waals surface area (Å²) in [4.78, 5) is 28.1. The van der Waals surface area contributed by atoms with Crippen LogP contribution in [0.25, 0.3) is 0 Å². The van der Waals surface area contributed by atoms with Crippen molar-refractivity contribution in [2.24, 2.45) is 0 Å². The highest BCUT2D eigenvalue weighted by molar-refractivity contribution is 6.00. The van der Waals surface area contributed by atoms with Gasteiger partial charge in [0.25, 0.3) is 0 Å². The second kappa shape index (κ2) is 6.72. The van der Waals surface area contributed by atoms with E-state index in [0.717, 1.165) is 25.3 Å². The molecule has 114 valence electrons. The number of amides is 1. The molecule has 2 rings (SSSR count). The molecule has 1 fully saturated rings. The van der Waals surface area contributed by atoms with Crippen LogP contribution in [-0.2, 0) is 4.79 Å². The number of likely N-dealkylation sites (N-methyl/N-ethyl adjacent to an activating group) is 1. The minimum atomic E-state index is -0.297. The highest BCUT2D eigenvalue weighted by Crippen LogP contribution is 2.16. The predicted octanol–water partition coefficient (Wildman–Crippen LogP) is 1.43. The molecule has 5 nitrogen and oxygen atoms in total. The topological polar surface area (TPSA) is 49.9 Å². The number of ketones is 1. The molecular weight excluding hydrogens is 268 g/mol. The van der Waals surface area contributed by atoms with Crippen molar-refractivity contribution in [3.05, 3.63) is 29.8 Å². The van der Waals surface area contributed by atoms with E-state index < -0.39 is 0 Å². The molecule has 1 heterocycles. The van der Waals surface area contributed by atoms with E-state index in [1.165, 1.54) is 0 Å². The van der Waals surface area contributed by atoms with Crippen molar-refractivity contribution in [2.75, 3.05) is 33.8 Å². The van der Waals surface area contributed by atoms with Crippen molar-refractivity contribution in [3.8, 4) is 5.75 Å². The summed E-state index contributed by atoms with van der Waals surface area (Å²) in [7, 11) is 3.40. The summed E-state index contributed by atoms with van der Waals surface area (Å²) in [6, 6.07) is 6.80. The lowest BCUT2D eigenvalue weighted by molar-refractivity contribution is -0.130. The molecular formula is C16H22N2O3. The highest BCUT2D eigenvalue weighted by atomic mass is 16.5. The van der Waals surface area contributed by atoms with Gasteiger partial charge in [0.05, 0.1) is 19.7 Å². The van der Waals surface area contributed by atoms with Gasteiger partial charge in [-0.2, -0.15) is 0 Å². The molecule has 5 heteroatoms.